The van der Waals surface area contributed by atoms with Crippen molar-refractivity contribution in [2.45, 2.75) is 12.3 Å². The van der Waals surface area contributed by atoms with Crippen LogP contribution in [0.25, 0.3) is 0 Å². The van der Waals surface area contributed by atoms with Crippen molar-refractivity contribution in [2.24, 2.45) is 0 Å². The summed E-state index contributed by atoms with van der Waals surface area (Å²) >= 11 is 5.96. The van der Waals surface area contributed by atoms with Gasteiger partial charge in [0.15, 0.2) is 5.78 Å². The number of Topliss-reactive ketones (excluding diaryl/α,β-unsaturated/α-hetero) is 1. The minimum atomic E-state index is -0.0732. The normalized spacial score (nSPS) is 17.4. The van der Waals surface area contributed by atoms with Crippen LogP contribution in [0.3, 0.4) is 0 Å². The Morgan fingerprint density at radius 1 is 1.16 bits per heavy atom. The maximum Gasteiger partial charge on any atom is 0.170 e. The summed E-state index contributed by atoms with van der Waals surface area (Å²) in [4.78, 5) is 12.6. The number of nitrogens with one attached hydrogen (secondary N) is 1. The van der Waals surface area contributed by atoms with Crippen LogP contribution in [-0.2, 0) is 0 Å². The lowest BCUT2D eigenvalue weighted by molar-refractivity contribution is 0.0955. The molecule has 3 heteroatoms. The second-order valence-corrected chi connectivity index (χ2v) is 5.17. The lowest BCUT2D eigenvalue weighted by Gasteiger charge is -2.25. The zero-order valence-electron chi connectivity index (χ0n) is 10.4. The summed E-state index contributed by atoms with van der Waals surface area (Å²) in [7, 11) is 0. The lowest BCUT2D eigenvalue weighted by Crippen LogP contribution is -2.23. The number of para-hydroxylation sites is 1. The molecule has 0 fully saturated rings. The molecule has 1 unspecified atom stereocenters. The van der Waals surface area contributed by atoms with Crippen molar-refractivity contribution in [1.29, 1.82) is 0 Å². The summed E-state index contributed by atoms with van der Waals surface area (Å²) in [6.45, 7) is 0.827. The van der Waals surface area contributed by atoms with Crippen molar-refractivity contribution in [3.8, 4) is 0 Å². The molecule has 1 heterocycles. The van der Waals surface area contributed by atoms with E-state index in [4.69, 9.17) is 11.6 Å². The van der Waals surface area contributed by atoms with Crippen LogP contribution in [0.5, 0.6) is 0 Å². The van der Waals surface area contributed by atoms with E-state index in [0.717, 1.165) is 24.2 Å². The molecule has 0 aliphatic carbocycles. The Morgan fingerprint density at radius 2 is 2.00 bits per heavy atom. The molecule has 0 spiro atoms. The molecular formula is C16H14ClNO. The molecule has 2 aromatic carbocycles. The van der Waals surface area contributed by atoms with Crippen LogP contribution in [0.1, 0.15) is 28.3 Å². The van der Waals surface area contributed by atoms with Gasteiger partial charge < -0.3 is 5.32 Å². The smallest absolute Gasteiger partial charge is 0.170 e. The third-order valence-electron chi connectivity index (χ3n) is 3.51. The monoisotopic (exact) mass is 271 g/mol. The van der Waals surface area contributed by atoms with Gasteiger partial charge in [-0.3, -0.25) is 4.79 Å². The first kappa shape index (κ1) is 12.2. The molecule has 0 amide bonds. The van der Waals surface area contributed by atoms with Gasteiger partial charge in [-0.05, 0) is 30.2 Å². The molecule has 0 radical (unpaired) electrons. The van der Waals surface area contributed by atoms with E-state index >= 15 is 0 Å². The minimum Gasteiger partial charge on any atom is -0.385 e. The van der Waals surface area contributed by atoms with Crippen LogP contribution in [0.4, 0.5) is 5.69 Å². The van der Waals surface area contributed by atoms with Gasteiger partial charge in [0.25, 0.3) is 0 Å². The van der Waals surface area contributed by atoms with Gasteiger partial charge >= 0.3 is 0 Å². The molecule has 2 aromatic rings. The van der Waals surface area contributed by atoms with E-state index in [2.05, 4.69) is 5.32 Å². The summed E-state index contributed by atoms with van der Waals surface area (Å²) in [5, 5.41) is 3.94. The number of anilines is 1. The molecule has 0 bridgehead atoms. The maximum atomic E-state index is 12.6. The molecule has 0 aromatic heterocycles. The summed E-state index contributed by atoms with van der Waals surface area (Å²) in [5.41, 5.74) is 2.84. The number of fused-ring (bicyclic) bond motifs is 1. The van der Waals surface area contributed by atoms with Crippen LogP contribution < -0.4 is 5.32 Å². The Bertz CT molecular complexity index is 624. The van der Waals surface area contributed by atoms with Gasteiger partial charge in [0, 0.05) is 22.8 Å². The fraction of sp³-hybridized carbons (Fsp3) is 0.188. The predicted octanol–water partition coefficient (Wildman–Crippen LogP) is 4.12. The zero-order valence-corrected chi connectivity index (χ0v) is 11.2. The number of halogens is 1. The molecule has 96 valence electrons. The van der Waals surface area contributed by atoms with E-state index in [0.29, 0.717) is 10.6 Å². The van der Waals surface area contributed by atoms with Gasteiger partial charge in [0.2, 0.25) is 0 Å². The van der Waals surface area contributed by atoms with Crippen LogP contribution >= 0.6 is 11.6 Å². The molecule has 1 aliphatic heterocycles. The third-order valence-corrected chi connectivity index (χ3v) is 3.75. The number of rotatable bonds is 2. The summed E-state index contributed by atoms with van der Waals surface area (Å²) in [6.07, 6.45) is 0.822. The molecule has 0 saturated heterocycles. The highest BCUT2D eigenvalue weighted by atomic mass is 35.5. The zero-order chi connectivity index (χ0) is 13.2. The molecule has 3 rings (SSSR count). The van der Waals surface area contributed by atoms with Crippen molar-refractivity contribution in [3.63, 3.8) is 0 Å². The van der Waals surface area contributed by atoms with E-state index in [1.165, 1.54) is 0 Å². The summed E-state index contributed by atoms with van der Waals surface area (Å²) in [6, 6.07) is 15.2. The molecular weight excluding hydrogens is 258 g/mol. The first-order valence-electron chi connectivity index (χ1n) is 6.38. The topological polar surface area (TPSA) is 29.1 Å². The number of benzene rings is 2. The van der Waals surface area contributed by atoms with Crippen LogP contribution in [0.2, 0.25) is 5.02 Å². The molecule has 1 atom stereocenters. The first-order valence-corrected chi connectivity index (χ1v) is 6.76. The van der Waals surface area contributed by atoms with E-state index in [1.54, 1.807) is 12.1 Å². The lowest BCUT2D eigenvalue weighted by atomic mass is 9.85. The van der Waals surface area contributed by atoms with Gasteiger partial charge in [0.1, 0.15) is 0 Å². The Kier molecular flexibility index (Phi) is 3.26. The fourth-order valence-corrected chi connectivity index (χ4v) is 2.77. The van der Waals surface area contributed by atoms with Crippen molar-refractivity contribution in [1.82, 2.24) is 0 Å². The van der Waals surface area contributed by atoms with Crippen molar-refractivity contribution >= 4 is 23.1 Å². The van der Waals surface area contributed by atoms with Crippen LogP contribution in [0, 0.1) is 0 Å². The highest BCUT2D eigenvalue weighted by Crippen LogP contribution is 2.34. The van der Waals surface area contributed by atoms with Gasteiger partial charge in [-0.2, -0.15) is 0 Å². The number of hydrogen-bond acceptors (Lipinski definition) is 2. The second-order valence-electron chi connectivity index (χ2n) is 4.73. The average Bonchev–Trinajstić information content (AvgIpc) is 2.46. The van der Waals surface area contributed by atoms with E-state index in [-0.39, 0.29) is 11.7 Å². The number of carbonyl (C=O) groups excluding carboxylic acids is 1. The standard InChI is InChI=1S/C16H14ClNO/c17-12-5-3-4-11(10-12)16(19)14-8-9-18-15-7-2-1-6-13(14)15/h1-7,10,14,18H,8-9H2. The molecule has 19 heavy (non-hydrogen) atoms. The maximum absolute atomic E-state index is 12.6. The second kappa shape index (κ2) is 5.06. The highest BCUT2D eigenvalue weighted by Gasteiger charge is 2.26. The number of ketones is 1. The largest absolute Gasteiger partial charge is 0.385 e. The van der Waals surface area contributed by atoms with E-state index in [1.807, 2.05) is 36.4 Å². The SMILES string of the molecule is O=C(c1cccc(Cl)c1)C1CCNc2ccccc21. The van der Waals surface area contributed by atoms with Gasteiger partial charge in [-0.1, -0.05) is 41.9 Å². The van der Waals surface area contributed by atoms with Crippen molar-refractivity contribution in [2.75, 3.05) is 11.9 Å². The molecule has 1 N–H and O–H groups in total. The van der Waals surface area contributed by atoms with Crippen LogP contribution in [0.15, 0.2) is 48.5 Å². The first-order chi connectivity index (χ1) is 9.25. The molecule has 0 saturated carbocycles. The van der Waals surface area contributed by atoms with Gasteiger partial charge in [-0.25, -0.2) is 0 Å². The Hall–Kier alpha value is -1.80. The quantitative estimate of drug-likeness (QED) is 0.833. The van der Waals surface area contributed by atoms with E-state index in [9.17, 15) is 4.79 Å². The van der Waals surface area contributed by atoms with Gasteiger partial charge in [0.05, 0.1) is 5.92 Å². The third kappa shape index (κ3) is 2.36. The Balaban J connectivity index is 1.98. The van der Waals surface area contributed by atoms with Crippen molar-refractivity contribution in [3.05, 3.63) is 64.7 Å². The summed E-state index contributed by atoms with van der Waals surface area (Å²) < 4.78 is 0. The van der Waals surface area contributed by atoms with Gasteiger partial charge in [-0.15, -0.1) is 0 Å². The molecule has 2 nitrogen and oxygen atoms in total. The highest BCUT2D eigenvalue weighted by molar-refractivity contribution is 6.31. The van der Waals surface area contributed by atoms with E-state index < -0.39 is 0 Å². The Morgan fingerprint density at radius 3 is 2.84 bits per heavy atom. The average molecular weight is 272 g/mol. The fourth-order valence-electron chi connectivity index (χ4n) is 2.58. The molecule has 1 aliphatic rings. The van der Waals surface area contributed by atoms with Crippen LogP contribution in [-0.4, -0.2) is 12.3 Å². The Labute approximate surface area is 117 Å². The predicted molar refractivity (Wildman–Crippen MR) is 78.1 cm³/mol. The summed E-state index contributed by atoms with van der Waals surface area (Å²) in [5.74, 6) is 0.0763. The number of carbonyl (C=O) groups is 1. The number of hydrogen-bond donors (Lipinski definition) is 1. The van der Waals surface area contributed by atoms with Crippen molar-refractivity contribution < 1.29 is 4.79 Å². The minimum absolute atomic E-state index is 0.0732.